The van der Waals surface area contributed by atoms with Crippen LogP contribution in [0.3, 0.4) is 0 Å². The predicted molar refractivity (Wildman–Crippen MR) is 82.6 cm³/mol. The zero-order valence-corrected chi connectivity index (χ0v) is 12.7. The van der Waals surface area contributed by atoms with Crippen LogP contribution in [-0.4, -0.2) is 40.8 Å². The molecule has 0 spiro atoms. The third kappa shape index (κ3) is 3.16. The minimum atomic E-state index is 0.458. The first-order valence-electron chi connectivity index (χ1n) is 7.65. The first-order chi connectivity index (χ1) is 10.3. The monoisotopic (exact) mass is 289 g/mol. The molecule has 6 nitrogen and oxygen atoms in total. The Morgan fingerprint density at radius 2 is 2.33 bits per heavy atom. The fourth-order valence-corrected chi connectivity index (χ4v) is 2.77. The van der Waals surface area contributed by atoms with E-state index in [4.69, 9.17) is 9.72 Å². The van der Waals surface area contributed by atoms with E-state index in [1.807, 2.05) is 10.6 Å². The molecule has 1 aliphatic heterocycles. The van der Waals surface area contributed by atoms with Gasteiger partial charge < -0.3 is 15.4 Å². The van der Waals surface area contributed by atoms with Gasteiger partial charge in [0.05, 0.1) is 12.3 Å². The van der Waals surface area contributed by atoms with Crippen molar-refractivity contribution in [2.24, 2.45) is 0 Å². The van der Waals surface area contributed by atoms with Crippen LogP contribution in [0, 0.1) is 0 Å². The van der Waals surface area contributed by atoms with E-state index in [2.05, 4.69) is 28.7 Å². The van der Waals surface area contributed by atoms with Crippen LogP contribution in [0.2, 0.25) is 0 Å². The number of ether oxygens (including phenoxy) is 1. The van der Waals surface area contributed by atoms with E-state index >= 15 is 0 Å². The van der Waals surface area contributed by atoms with Crippen molar-refractivity contribution in [2.75, 3.05) is 25.5 Å². The lowest BCUT2D eigenvalue weighted by Crippen LogP contribution is -2.24. The molecule has 1 atom stereocenters. The minimum absolute atomic E-state index is 0.458. The van der Waals surface area contributed by atoms with Crippen molar-refractivity contribution in [2.45, 2.75) is 38.8 Å². The number of rotatable bonds is 6. The van der Waals surface area contributed by atoms with Gasteiger partial charge in [-0.15, -0.1) is 0 Å². The summed E-state index contributed by atoms with van der Waals surface area (Å²) in [6.07, 6.45) is 3.21. The highest BCUT2D eigenvalue weighted by Gasteiger charge is 2.17. The van der Waals surface area contributed by atoms with Crippen LogP contribution in [0.4, 0.5) is 5.82 Å². The lowest BCUT2D eigenvalue weighted by molar-refractivity contribution is 0.181. The molecule has 1 fully saturated rings. The van der Waals surface area contributed by atoms with Gasteiger partial charge in [0.15, 0.2) is 5.65 Å². The summed E-state index contributed by atoms with van der Waals surface area (Å²) in [5.41, 5.74) is 2.91. The number of nitrogens with one attached hydrogen (secondary N) is 2. The Labute approximate surface area is 124 Å². The van der Waals surface area contributed by atoms with Crippen LogP contribution < -0.4 is 10.6 Å². The third-order valence-electron chi connectivity index (χ3n) is 3.74. The molecule has 0 aliphatic carbocycles. The van der Waals surface area contributed by atoms with E-state index < -0.39 is 0 Å². The first kappa shape index (κ1) is 14.3. The summed E-state index contributed by atoms with van der Waals surface area (Å²) >= 11 is 0. The largest absolute Gasteiger partial charge is 0.378 e. The van der Waals surface area contributed by atoms with E-state index in [1.54, 1.807) is 7.11 Å². The molecule has 2 aromatic rings. The maximum atomic E-state index is 5.17. The van der Waals surface area contributed by atoms with Gasteiger partial charge >= 0.3 is 0 Å². The molecule has 6 heteroatoms. The van der Waals surface area contributed by atoms with Crippen LogP contribution in [0.1, 0.15) is 31.2 Å². The average molecular weight is 289 g/mol. The van der Waals surface area contributed by atoms with E-state index in [0.29, 0.717) is 12.6 Å². The second-order valence-corrected chi connectivity index (χ2v) is 5.56. The van der Waals surface area contributed by atoms with Crippen LogP contribution in [0.5, 0.6) is 0 Å². The molecule has 2 aromatic heterocycles. The summed E-state index contributed by atoms with van der Waals surface area (Å²) in [6.45, 7) is 4.75. The summed E-state index contributed by atoms with van der Waals surface area (Å²) in [6, 6.07) is 4.58. The Kier molecular flexibility index (Phi) is 4.36. The first-order valence-corrected chi connectivity index (χ1v) is 7.65. The Bertz CT molecular complexity index is 603. The number of nitrogens with zero attached hydrogens (tertiary/aromatic N) is 3. The molecule has 1 saturated heterocycles. The van der Waals surface area contributed by atoms with Crippen LogP contribution in [-0.2, 0) is 17.8 Å². The van der Waals surface area contributed by atoms with Gasteiger partial charge in [-0.25, -0.2) is 4.98 Å². The summed E-state index contributed by atoms with van der Waals surface area (Å²) in [5.74, 6) is 1.03. The Balaban J connectivity index is 1.96. The second kappa shape index (κ2) is 6.41. The molecule has 114 valence electrons. The van der Waals surface area contributed by atoms with Gasteiger partial charge in [0.25, 0.3) is 0 Å². The molecule has 0 bridgehead atoms. The Morgan fingerprint density at radius 3 is 3.05 bits per heavy atom. The molecule has 0 amide bonds. The molecule has 0 saturated carbocycles. The normalized spacial score (nSPS) is 18.5. The molecule has 0 aromatic carbocycles. The molecule has 21 heavy (non-hydrogen) atoms. The topological polar surface area (TPSA) is 63.5 Å². The zero-order chi connectivity index (χ0) is 14.7. The molecular weight excluding hydrogens is 266 g/mol. The molecule has 0 radical (unpaired) electrons. The van der Waals surface area contributed by atoms with Gasteiger partial charge in [-0.05, 0) is 19.4 Å². The molecule has 3 rings (SSSR count). The van der Waals surface area contributed by atoms with Crippen molar-refractivity contribution in [3.63, 3.8) is 0 Å². The molecular formula is C15H23N5O. The number of hydrogen-bond acceptors (Lipinski definition) is 5. The van der Waals surface area contributed by atoms with Gasteiger partial charge in [-0.1, -0.05) is 13.3 Å². The van der Waals surface area contributed by atoms with Crippen LogP contribution in [0.15, 0.2) is 12.1 Å². The van der Waals surface area contributed by atoms with E-state index in [0.717, 1.165) is 55.2 Å². The van der Waals surface area contributed by atoms with Crippen molar-refractivity contribution in [3.05, 3.63) is 23.5 Å². The van der Waals surface area contributed by atoms with Crippen molar-refractivity contribution >= 4 is 11.5 Å². The van der Waals surface area contributed by atoms with E-state index in [9.17, 15) is 0 Å². The minimum Gasteiger partial charge on any atom is -0.378 e. The lowest BCUT2D eigenvalue weighted by Gasteiger charge is -2.15. The maximum absolute atomic E-state index is 5.17. The number of hydrogen-bond donors (Lipinski definition) is 2. The number of aromatic nitrogens is 3. The smallest absolute Gasteiger partial charge is 0.157 e. The van der Waals surface area contributed by atoms with Gasteiger partial charge in [0.1, 0.15) is 5.82 Å². The summed E-state index contributed by atoms with van der Waals surface area (Å²) < 4.78 is 7.07. The van der Waals surface area contributed by atoms with Crippen LogP contribution >= 0.6 is 0 Å². The van der Waals surface area contributed by atoms with Gasteiger partial charge in [0, 0.05) is 37.5 Å². The highest BCUT2D eigenvalue weighted by Crippen LogP contribution is 2.18. The number of anilines is 1. The van der Waals surface area contributed by atoms with Gasteiger partial charge in [0.2, 0.25) is 0 Å². The number of aryl methyl sites for hydroxylation is 1. The standard InChI is InChI=1S/C15H23N5O/c1-3-4-11-7-14(18-12-5-6-16-9-12)20-15(17-11)8-13(19-20)10-21-2/h7-8,12,16,18H,3-6,9-10H2,1-2H3. The Hall–Kier alpha value is -1.66. The van der Waals surface area contributed by atoms with Gasteiger partial charge in [-0.3, -0.25) is 0 Å². The fourth-order valence-electron chi connectivity index (χ4n) is 2.77. The average Bonchev–Trinajstić information content (AvgIpc) is 3.09. The molecule has 3 heterocycles. The van der Waals surface area contributed by atoms with Gasteiger partial charge in [-0.2, -0.15) is 9.61 Å². The summed E-state index contributed by atoms with van der Waals surface area (Å²) in [4.78, 5) is 4.69. The SMILES string of the molecule is CCCc1cc(NC2CCNC2)n2nc(COC)cc2n1. The zero-order valence-electron chi connectivity index (χ0n) is 12.7. The van der Waals surface area contributed by atoms with E-state index in [-0.39, 0.29) is 0 Å². The van der Waals surface area contributed by atoms with Crippen molar-refractivity contribution in [1.82, 2.24) is 19.9 Å². The van der Waals surface area contributed by atoms with Crippen LogP contribution in [0.25, 0.3) is 5.65 Å². The van der Waals surface area contributed by atoms with Crippen molar-refractivity contribution in [3.8, 4) is 0 Å². The fraction of sp³-hybridized carbons (Fsp3) is 0.600. The molecule has 2 N–H and O–H groups in total. The quantitative estimate of drug-likeness (QED) is 0.846. The molecule has 1 unspecified atom stereocenters. The summed E-state index contributed by atoms with van der Waals surface area (Å²) in [5, 5.41) is 11.6. The molecule has 1 aliphatic rings. The highest BCUT2D eigenvalue weighted by atomic mass is 16.5. The highest BCUT2D eigenvalue weighted by molar-refractivity contribution is 5.51. The summed E-state index contributed by atoms with van der Waals surface area (Å²) in [7, 11) is 1.68. The Morgan fingerprint density at radius 1 is 1.43 bits per heavy atom. The van der Waals surface area contributed by atoms with Crippen molar-refractivity contribution in [1.29, 1.82) is 0 Å². The predicted octanol–water partition coefficient (Wildman–Crippen LogP) is 1.60. The van der Waals surface area contributed by atoms with E-state index in [1.165, 1.54) is 0 Å². The van der Waals surface area contributed by atoms with Crippen molar-refractivity contribution < 1.29 is 4.74 Å². The third-order valence-corrected chi connectivity index (χ3v) is 3.74. The maximum Gasteiger partial charge on any atom is 0.157 e. The lowest BCUT2D eigenvalue weighted by atomic mass is 10.2. The second-order valence-electron chi connectivity index (χ2n) is 5.56. The number of fused-ring (bicyclic) bond motifs is 1. The number of methoxy groups -OCH3 is 1.